The average Bonchev–Trinajstić information content (AvgIpc) is 2.44. The van der Waals surface area contributed by atoms with E-state index < -0.39 is 11.9 Å². The van der Waals surface area contributed by atoms with Crippen molar-refractivity contribution in [3.63, 3.8) is 0 Å². The Balaban J connectivity index is 2.64. The molecule has 0 fully saturated rings. The third-order valence-corrected chi connectivity index (χ3v) is 3.39. The van der Waals surface area contributed by atoms with E-state index in [-0.39, 0.29) is 39.7 Å². The van der Waals surface area contributed by atoms with Crippen molar-refractivity contribution in [2.24, 2.45) is 0 Å². The average molecular weight is 332 g/mol. The Morgan fingerprint density at radius 3 is 1.79 bits per heavy atom. The molecule has 0 spiro atoms. The molecule has 24 heavy (non-hydrogen) atoms. The highest BCUT2D eigenvalue weighted by Crippen LogP contribution is 2.36. The van der Waals surface area contributed by atoms with Crippen molar-refractivity contribution in [1.82, 2.24) is 0 Å². The van der Waals surface area contributed by atoms with E-state index in [0.717, 1.165) is 6.07 Å². The minimum absolute atomic E-state index is 0.0487. The first-order chi connectivity index (χ1) is 11.2. The van der Waals surface area contributed by atoms with E-state index >= 15 is 0 Å². The van der Waals surface area contributed by atoms with Crippen molar-refractivity contribution in [3.8, 4) is 23.0 Å². The quantitative estimate of drug-likeness (QED) is 0.737. The van der Waals surface area contributed by atoms with Crippen molar-refractivity contribution in [2.45, 2.75) is 13.8 Å². The molecule has 0 aromatic heterocycles. The molecule has 3 N–H and O–H groups in total. The van der Waals surface area contributed by atoms with Crippen LogP contribution in [0.25, 0.3) is 0 Å². The zero-order chi connectivity index (χ0) is 18.0. The summed E-state index contributed by atoms with van der Waals surface area (Å²) in [4.78, 5) is 23.4. The highest BCUT2D eigenvalue weighted by molar-refractivity contribution is 5.95. The fourth-order valence-corrected chi connectivity index (χ4v) is 2.39. The maximum Gasteiger partial charge on any atom is 0.341 e. The molecule has 2 aromatic carbocycles. The van der Waals surface area contributed by atoms with Gasteiger partial charge in [-0.2, -0.15) is 0 Å². The van der Waals surface area contributed by atoms with E-state index in [4.69, 9.17) is 9.47 Å². The maximum absolute atomic E-state index is 12.0. The summed E-state index contributed by atoms with van der Waals surface area (Å²) in [6.07, 6.45) is 0. The van der Waals surface area contributed by atoms with Gasteiger partial charge in [0.05, 0.1) is 7.11 Å². The molecule has 0 aliphatic carbocycles. The number of carboxylic acid groups (broad SMARTS) is 1. The smallest absolute Gasteiger partial charge is 0.341 e. The van der Waals surface area contributed by atoms with Gasteiger partial charge in [0.15, 0.2) is 0 Å². The number of rotatable bonds is 4. The summed E-state index contributed by atoms with van der Waals surface area (Å²) in [7, 11) is 1.19. The number of phenolic OH excluding ortho intramolecular Hbond substituents is 2. The Morgan fingerprint density at radius 2 is 1.33 bits per heavy atom. The van der Waals surface area contributed by atoms with Crippen LogP contribution in [0.2, 0.25) is 0 Å². The van der Waals surface area contributed by atoms with Gasteiger partial charge < -0.3 is 24.8 Å². The first-order valence-corrected chi connectivity index (χ1v) is 6.91. The van der Waals surface area contributed by atoms with Gasteiger partial charge in [0.2, 0.25) is 0 Å². The van der Waals surface area contributed by atoms with Crippen molar-refractivity contribution >= 4 is 11.9 Å². The largest absolute Gasteiger partial charge is 0.508 e. The lowest BCUT2D eigenvalue weighted by atomic mass is 10.1. The lowest BCUT2D eigenvalue weighted by Crippen LogP contribution is -2.08. The second kappa shape index (κ2) is 6.49. The van der Waals surface area contributed by atoms with Gasteiger partial charge in [-0.25, -0.2) is 9.59 Å². The van der Waals surface area contributed by atoms with E-state index in [2.05, 4.69) is 0 Å². The molecule has 0 aliphatic rings. The highest BCUT2D eigenvalue weighted by Gasteiger charge is 2.22. The van der Waals surface area contributed by atoms with Crippen LogP contribution in [0.1, 0.15) is 31.8 Å². The Labute approximate surface area is 137 Å². The molecule has 0 bridgehead atoms. The van der Waals surface area contributed by atoms with E-state index in [9.17, 15) is 24.9 Å². The van der Waals surface area contributed by atoms with Crippen LogP contribution >= 0.6 is 0 Å². The number of phenols is 2. The van der Waals surface area contributed by atoms with Crippen LogP contribution in [0.3, 0.4) is 0 Å². The molecular formula is C17H16O7. The fraction of sp³-hybridized carbons (Fsp3) is 0.176. The van der Waals surface area contributed by atoms with Crippen molar-refractivity contribution < 1.29 is 34.4 Å². The number of hydrogen-bond acceptors (Lipinski definition) is 6. The Morgan fingerprint density at radius 1 is 0.875 bits per heavy atom. The molecule has 0 aliphatic heterocycles. The predicted molar refractivity (Wildman–Crippen MR) is 84.1 cm³/mol. The third-order valence-electron chi connectivity index (χ3n) is 3.39. The first-order valence-electron chi connectivity index (χ1n) is 6.91. The van der Waals surface area contributed by atoms with E-state index in [0.29, 0.717) is 5.56 Å². The number of carbonyl (C=O) groups is 2. The molecule has 0 heterocycles. The molecule has 0 unspecified atom stereocenters. The van der Waals surface area contributed by atoms with Gasteiger partial charge in [0.1, 0.15) is 34.1 Å². The number of hydrogen-bond donors (Lipinski definition) is 3. The molecule has 0 radical (unpaired) electrons. The normalized spacial score (nSPS) is 10.3. The molecule has 0 atom stereocenters. The maximum atomic E-state index is 12.0. The number of ether oxygens (including phenoxy) is 2. The standard InChI is InChI=1S/C17H16O7/c1-8-4-10(18)6-12(14(8)16(20)21)24-13-7-11(19)5-9(2)15(13)17(22)23-3/h4-7,18-19H,1-3H3,(H,20,21). The minimum atomic E-state index is -1.25. The minimum Gasteiger partial charge on any atom is -0.508 e. The Bertz CT molecular complexity index is 824. The third kappa shape index (κ3) is 3.24. The monoisotopic (exact) mass is 332 g/mol. The zero-order valence-electron chi connectivity index (χ0n) is 13.3. The molecule has 7 heteroatoms. The van der Waals surface area contributed by atoms with Gasteiger partial charge in [-0.15, -0.1) is 0 Å². The summed E-state index contributed by atoms with van der Waals surface area (Å²) in [5, 5.41) is 28.8. The fourth-order valence-electron chi connectivity index (χ4n) is 2.39. The van der Waals surface area contributed by atoms with Gasteiger partial charge in [-0.05, 0) is 37.1 Å². The lowest BCUT2D eigenvalue weighted by Gasteiger charge is -2.15. The molecule has 0 amide bonds. The summed E-state index contributed by atoms with van der Waals surface area (Å²) < 4.78 is 10.2. The Hall–Kier alpha value is -3.22. The van der Waals surface area contributed by atoms with Crippen LogP contribution in [0.5, 0.6) is 23.0 Å². The summed E-state index contributed by atoms with van der Waals surface area (Å²) in [6, 6.07) is 4.93. The van der Waals surface area contributed by atoms with Crippen LogP contribution in [-0.2, 0) is 4.74 Å². The van der Waals surface area contributed by atoms with E-state index in [1.54, 1.807) is 6.92 Å². The predicted octanol–water partition coefficient (Wildman–Crippen LogP) is 2.99. The van der Waals surface area contributed by atoms with Gasteiger partial charge >= 0.3 is 11.9 Å². The van der Waals surface area contributed by atoms with Gasteiger partial charge in [-0.1, -0.05) is 0 Å². The van der Waals surface area contributed by atoms with Gasteiger partial charge in [-0.3, -0.25) is 0 Å². The summed E-state index contributed by atoms with van der Waals surface area (Å²) in [5.41, 5.74) is 0.567. The van der Waals surface area contributed by atoms with E-state index in [1.165, 1.54) is 32.2 Å². The summed E-state index contributed by atoms with van der Waals surface area (Å²) in [5.74, 6) is -2.54. The second-order valence-electron chi connectivity index (χ2n) is 5.17. The number of carboxylic acids is 1. The SMILES string of the molecule is COC(=O)c1c(C)cc(O)cc1Oc1cc(O)cc(C)c1C(=O)O. The van der Waals surface area contributed by atoms with Crippen LogP contribution in [0, 0.1) is 13.8 Å². The number of methoxy groups -OCH3 is 1. The second-order valence-corrected chi connectivity index (χ2v) is 5.17. The highest BCUT2D eigenvalue weighted by atomic mass is 16.5. The molecule has 2 aromatic rings. The molecule has 2 rings (SSSR count). The topological polar surface area (TPSA) is 113 Å². The first kappa shape index (κ1) is 17.1. The number of aromatic hydroxyl groups is 2. The molecule has 0 saturated carbocycles. The number of benzene rings is 2. The van der Waals surface area contributed by atoms with Crippen LogP contribution in [0.15, 0.2) is 24.3 Å². The van der Waals surface area contributed by atoms with E-state index in [1.807, 2.05) is 0 Å². The molecular weight excluding hydrogens is 316 g/mol. The Kier molecular flexibility index (Phi) is 4.64. The number of aromatic carboxylic acids is 1. The van der Waals surface area contributed by atoms with Gasteiger partial charge in [0.25, 0.3) is 0 Å². The zero-order valence-corrected chi connectivity index (χ0v) is 13.3. The number of aryl methyl sites for hydroxylation is 2. The molecule has 126 valence electrons. The van der Waals surface area contributed by atoms with Crippen molar-refractivity contribution in [1.29, 1.82) is 0 Å². The summed E-state index contributed by atoms with van der Waals surface area (Å²) >= 11 is 0. The molecule has 0 saturated heterocycles. The number of carbonyl (C=O) groups excluding carboxylic acids is 1. The number of esters is 1. The van der Waals surface area contributed by atoms with Crippen LogP contribution < -0.4 is 4.74 Å². The van der Waals surface area contributed by atoms with Crippen LogP contribution in [-0.4, -0.2) is 34.4 Å². The van der Waals surface area contributed by atoms with Gasteiger partial charge in [0, 0.05) is 12.1 Å². The molecule has 7 nitrogen and oxygen atoms in total. The van der Waals surface area contributed by atoms with Crippen molar-refractivity contribution in [3.05, 3.63) is 46.5 Å². The summed E-state index contributed by atoms with van der Waals surface area (Å²) in [6.45, 7) is 3.08. The van der Waals surface area contributed by atoms with Crippen molar-refractivity contribution in [2.75, 3.05) is 7.11 Å². The van der Waals surface area contributed by atoms with Crippen LogP contribution in [0.4, 0.5) is 0 Å². The lowest BCUT2D eigenvalue weighted by molar-refractivity contribution is 0.0596.